The molecule has 2 saturated heterocycles. The predicted molar refractivity (Wildman–Crippen MR) is 89.4 cm³/mol. The standard InChI is InChI=1S/C14H22N10/c1-3-7-15-10(5-1)13-19-20-14(11-6-2-4-8-16-11)24(21-13)12-9-17-22-23-18-12/h9-11,15-16H,1-8H2,(H,19,21). The molecule has 128 valence electrons. The van der Waals surface area contributed by atoms with Gasteiger partial charge in [-0.05, 0) is 49.2 Å². The predicted octanol–water partition coefficient (Wildman–Crippen LogP) is -0.413. The first-order valence-corrected chi connectivity index (χ1v) is 8.62. The summed E-state index contributed by atoms with van der Waals surface area (Å²) >= 11 is 0. The van der Waals surface area contributed by atoms with Crippen LogP contribution in [0.1, 0.15) is 38.5 Å². The van der Waals surface area contributed by atoms with Crippen molar-refractivity contribution in [1.82, 2.24) is 36.7 Å². The molecule has 3 aliphatic heterocycles. The molecule has 0 spiro atoms. The average molecular weight is 330 g/mol. The van der Waals surface area contributed by atoms with Gasteiger partial charge >= 0.3 is 0 Å². The first-order chi connectivity index (χ1) is 11.9. The van der Waals surface area contributed by atoms with Crippen LogP contribution in [0.2, 0.25) is 0 Å². The van der Waals surface area contributed by atoms with Gasteiger partial charge in [0.25, 0.3) is 0 Å². The normalized spacial score (nSPS) is 27.9. The zero-order valence-electron chi connectivity index (χ0n) is 13.5. The molecule has 3 N–H and O–H groups in total. The highest BCUT2D eigenvalue weighted by Gasteiger charge is 2.32. The van der Waals surface area contributed by atoms with Crippen molar-refractivity contribution < 1.29 is 0 Å². The molecule has 10 nitrogen and oxygen atoms in total. The molecule has 4 rings (SSSR count). The largest absolute Gasteiger partial charge is 0.307 e. The fraction of sp³-hybridized carbons (Fsp3) is 0.714. The Balaban J connectivity index is 1.61. The number of hydrogen-bond acceptors (Lipinski definition) is 10. The molecular formula is C14H22N10. The Kier molecular flexibility index (Phi) is 4.56. The molecule has 10 heteroatoms. The fourth-order valence-corrected chi connectivity index (χ4v) is 3.34. The van der Waals surface area contributed by atoms with E-state index in [1.807, 2.05) is 5.01 Å². The van der Waals surface area contributed by atoms with Crippen LogP contribution in [-0.4, -0.2) is 57.5 Å². The monoisotopic (exact) mass is 330 g/mol. The van der Waals surface area contributed by atoms with Crippen molar-refractivity contribution in [2.24, 2.45) is 10.2 Å². The Bertz CT molecular complexity index is 603. The van der Waals surface area contributed by atoms with Crippen LogP contribution in [0.4, 0.5) is 5.82 Å². The molecule has 1 aromatic heterocycles. The Hall–Kier alpha value is -2.20. The second kappa shape index (κ2) is 7.14. The summed E-state index contributed by atoms with van der Waals surface area (Å²) in [6.07, 6.45) is 8.40. The summed E-state index contributed by atoms with van der Waals surface area (Å²) < 4.78 is 0. The topological polar surface area (TPSA) is 116 Å². The number of hydrazine groups is 1. The third-order valence-corrected chi connectivity index (χ3v) is 4.62. The van der Waals surface area contributed by atoms with E-state index in [0.29, 0.717) is 5.82 Å². The van der Waals surface area contributed by atoms with Gasteiger partial charge in [0.05, 0.1) is 18.3 Å². The average Bonchev–Trinajstić information content (AvgIpc) is 2.69. The van der Waals surface area contributed by atoms with Gasteiger partial charge in [-0.1, -0.05) is 12.8 Å². The van der Waals surface area contributed by atoms with Crippen LogP contribution in [0, 0.1) is 0 Å². The number of anilines is 1. The molecule has 0 bridgehead atoms. The third kappa shape index (κ3) is 3.20. The molecule has 0 saturated carbocycles. The lowest BCUT2D eigenvalue weighted by molar-refractivity contribution is 0.454. The first kappa shape index (κ1) is 15.3. The Morgan fingerprint density at radius 2 is 1.71 bits per heavy atom. The van der Waals surface area contributed by atoms with Crippen LogP contribution in [0.25, 0.3) is 0 Å². The van der Waals surface area contributed by atoms with E-state index >= 15 is 0 Å². The van der Waals surface area contributed by atoms with Crippen LogP contribution in [0.3, 0.4) is 0 Å². The summed E-state index contributed by atoms with van der Waals surface area (Å²) in [6, 6.07) is 0.333. The van der Waals surface area contributed by atoms with Crippen LogP contribution in [-0.2, 0) is 0 Å². The lowest BCUT2D eigenvalue weighted by Gasteiger charge is -2.36. The Morgan fingerprint density at radius 1 is 0.917 bits per heavy atom. The van der Waals surface area contributed by atoms with Gasteiger partial charge in [-0.3, -0.25) is 5.43 Å². The van der Waals surface area contributed by atoms with Crippen LogP contribution < -0.4 is 21.1 Å². The molecule has 2 atom stereocenters. The molecule has 0 aromatic carbocycles. The summed E-state index contributed by atoms with van der Waals surface area (Å²) in [6.45, 7) is 1.99. The maximum absolute atomic E-state index is 4.52. The summed E-state index contributed by atoms with van der Waals surface area (Å²) in [4.78, 5) is 0. The minimum atomic E-state index is 0.144. The second-order valence-electron chi connectivity index (χ2n) is 6.28. The number of nitrogens with zero attached hydrogens (tertiary/aromatic N) is 7. The quantitative estimate of drug-likeness (QED) is 0.685. The highest BCUT2D eigenvalue weighted by atomic mass is 15.6. The number of rotatable bonds is 3. The number of hydrogen-bond donors (Lipinski definition) is 3. The van der Waals surface area contributed by atoms with E-state index in [-0.39, 0.29) is 12.1 Å². The third-order valence-electron chi connectivity index (χ3n) is 4.62. The molecule has 0 amide bonds. The van der Waals surface area contributed by atoms with Gasteiger partial charge in [-0.25, -0.2) is 5.01 Å². The summed E-state index contributed by atoms with van der Waals surface area (Å²) in [5.41, 5.74) is 3.37. The van der Waals surface area contributed by atoms with Gasteiger partial charge in [0.15, 0.2) is 17.5 Å². The van der Waals surface area contributed by atoms with E-state index in [1.165, 1.54) is 25.7 Å². The van der Waals surface area contributed by atoms with E-state index in [2.05, 4.69) is 46.9 Å². The highest BCUT2D eigenvalue weighted by Crippen LogP contribution is 2.18. The van der Waals surface area contributed by atoms with Gasteiger partial charge in [0.1, 0.15) is 0 Å². The number of aromatic nitrogens is 4. The van der Waals surface area contributed by atoms with E-state index in [9.17, 15) is 0 Å². The SMILES string of the molecule is c1nnnnc1N1NC(C2CCCCN2)=NN=C1C1CCCCN1. The van der Waals surface area contributed by atoms with Crippen molar-refractivity contribution in [3.05, 3.63) is 6.20 Å². The summed E-state index contributed by atoms with van der Waals surface area (Å²) in [5.74, 6) is 2.18. The van der Waals surface area contributed by atoms with Gasteiger partial charge in [-0.15, -0.1) is 20.4 Å². The van der Waals surface area contributed by atoms with E-state index in [1.54, 1.807) is 6.20 Å². The number of amidine groups is 2. The number of nitrogens with one attached hydrogen (secondary N) is 3. The lowest BCUT2D eigenvalue weighted by Crippen LogP contribution is -2.61. The smallest absolute Gasteiger partial charge is 0.198 e. The van der Waals surface area contributed by atoms with E-state index < -0.39 is 0 Å². The van der Waals surface area contributed by atoms with Gasteiger partial charge in [0, 0.05) is 0 Å². The maximum Gasteiger partial charge on any atom is 0.198 e. The fourth-order valence-electron chi connectivity index (χ4n) is 3.34. The molecule has 24 heavy (non-hydrogen) atoms. The Morgan fingerprint density at radius 3 is 2.38 bits per heavy atom. The minimum Gasteiger partial charge on any atom is -0.307 e. The first-order valence-electron chi connectivity index (χ1n) is 8.62. The molecule has 2 unspecified atom stereocenters. The van der Waals surface area contributed by atoms with Crippen LogP contribution >= 0.6 is 0 Å². The summed E-state index contributed by atoms with van der Waals surface area (Å²) in [5, 5.41) is 32.9. The van der Waals surface area contributed by atoms with Crippen molar-refractivity contribution >= 4 is 17.5 Å². The van der Waals surface area contributed by atoms with Gasteiger partial charge < -0.3 is 10.6 Å². The van der Waals surface area contributed by atoms with Crippen LogP contribution in [0.5, 0.6) is 0 Å². The molecule has 4 heterocycles. The minimum absolute atomic E-state index is 0.144. The Labute approximate surface area is 140 Å². The zero-order valence-corrected chi connectivity index (χ0v) is 13.5. The second-order valence-corrected chi connectivity index (χ2v) is 6.28. The molecule has 1 aromatic rings. The van der Waals surface area contributed by atoms with Crippen molar-refractivity contribution in [2.45, 2.75) is 50.6 Å². The van der Waals surface area contributed by atoms with Crippen molar-refractivity contribution in [3.8, 4) is 0 Å². The van der Waals surface area contributed by atoms with Gasteiger partial charge in [-0.2, -0.15) is 0 Å². The molecule has 3 aliphatic rings. The van der Waals surface area contributed by atoms with Gasteiger partial charge in [0.2, 0.25) is 0 Å². The molecule has 2 fully saturated rings. The molecule has 0 aliphatic carbocycles. The van der Waals surface area contributed by atoms with E-state index in [4.69, 9.17) is 0 Å². The maximum atomic E-state index is 4.52. The highest BCUT2D eigenvalue weighted by molar-refractivity contribution is 6.06. The zero-order chi connectivity index (χ0) is 16.2. The van der Waals surface area contributed by atoms with Crippen LogP contribution in [0.15, 0.2) is 16.4 Å². The summed E-state index contributed by atoms with van der Waals surface area (Å²) in [7, 11) is 0. The number of piperidine rings is 2. The van der Waals surface area contributed by atoms with Crippen molar-refractivity contribution in [1.29, 1.82) is 0 Å². The van der Waals surface area contributed by atoms with Crippen molar-refractivity contribution in [2.75, 3.05) is 18.1 Å². The molecular weight excluding hydrogens is 308 g/mol. The molecule has 0 radical (unpaired) electrons. The van der Waals surface area contributed by atoms with Crippen molar-refractivity contribution in [3.63, 3.8) is 0 Å². The van der Waals surface area contributed by atoms with E-state index in [0.717, 1.165) is 37.6 Å². The lowest BCUT2D eigenvalue weighted by atomic mass is 10.0.